The van der Waals surface area contributed by atoms with Gasteiger partial charge in [-0.3, -0.25) is 4.79 Å². The van der Waals surface area contributed by atoms with Gasteiger partial charge in [0.25, 0.3) is 0 Å². The van der Waals surface area contributed by atoms with Crippen LogP contribution < -0.4 is 10.6 Å². The second-order valence-electron chi connectivity index (χ2n) is 5.06. The van der Waals surface area contributed by atoms with Crippen molar-refractivity contribution in [1.29, 1.82) is 0 Å². The standard InChI is InChI=1S/C11H22N2O/c1-8(2)11(3,4)13-10(14)9-5-6-12-7-9/h8-9,12H,5-7H2,1-4H3,(H,13,14)/t9-/m0/s1. The van der Waals surface area contributed by atoms with Crippen LogP contribution >= 0.6 is 0 Å². The van der Waals surface area contributed by atoms with E-state index in [1.54, 1.807) is 0 Å². The molecule has 1 amide bonds. The molecule has 14 heavy (non-hydrogen) atoms. The Morgan fingerprint density at radius 1 is 1.50 bits per heavy atom. The molecule has 0 bridgehead atoms. The average Bonchev–Trinajstić information content (AvgIpc) is 2.54. The third-order valence-electron chi connectivity index (χ3n) is 3.32. The van der Waals surface area contributed by atoms with Gasteiger partial charge in [-0.25, -0.2) is 0 Å². The van der Waals surface area contributed by atoms with Crippen molar-refractivity contribution in [2.24, 2.45) is 11.8 Å². The van der Waals surface area contributed by atoms with Crippen molar-refractivity contribution in [2.45, 2.75) is 39.7 Å². The van der Waals surface area contributed by atoms with E-state index in [0.29, 0.717) is 5.92 Å². The molecule has 0 radical (unpaired) electrons. The van der Waals surface area contributed by atoms with E-state index in [9.17, 15) is 4.79 Å². The van der Waals surface area contributed by atoms with Crippen molar-refractivity contribution in [1.82, 2.24) is 10.6 Å². The van der Waals surface area contributed by atoms with E-state index in [1.165, 1.54) is 0 Å². The predicted octanol–water partition coefficient (Wildman–Crippen LogP) is 1.15. The van der Waals surface area contributed by atoms with Crippen LogP contribution in [0.1, 0.15) is 34.1 Å². The molecule has 0 aromatic rings. The van der Waals surface area contributed by atoms with Gasteiger partial charge in [0, 0.05) is 12.1 Å². The van der Waals surface area contributed by atoms with E-state index >= 15 is 0 Å². The Balaban J connectivity index is 2.46. The molecule has 1 saturated heterocycles. The lowest BCUT2D eigenvalue weighted by molar-refractivity contribution is -0.126. The molecule has 0 saturated carbocycles. The highest BCUT2D eigenvalue weighted by molar-refractivity contribution is 5.79. The largest absolute Gasteiger partial charge is 0.351 e. The Bertz CT molecular complexity index is 205. The summed E-state index contributed by atoms with van der Waals surface area (Å²) >= 11 is 0. The van der Waals surface area contributed by atoms with Gasteiger partial charge in [-0.05, 0) is 32.7 Å². The number of hydrogen-bond donors (Lipinski definition) is 2. The summed E-state index contributed by atoms with van der Waals surface area (Å²) < 4.78 is 0. The summed E-state index contributed by atoms with van der Waals surface area (Å²) in [6.07, 6.45) is 0.972. The molecule has 1 atom stereocenters. The number of amides is 1. The smallest absolute Gasteiger partial charge is 0.224 e. The maximum absolute atomic E-state index is 11.8. The molecule has 0 spiro atoms. The molecule has 1 fully saturated rings. The van der Waals surface area contributed by atoms with Crippen LogP contribution in [0.2, 0.25) is 0 Å². The molecule has 0 unspecified atom stereocenters. The normalized spacial score (nSPS) is 22.8. The van der Waals surface area contributed by atoms with Crippen LogP contribution in [0.5, 0.6) is 0 Å². The van der Waals surface area contributed by atoms with E-state index < -0.39 is 0 Å². The van der Waals surface area contributed by atoms with Crippen molar-refractivity contribution in [3.8, 4) is 0 Å². The molecule has 1 aliphatic heterocycles. The van der Waals surface area contributed by atoms with Gasteiger partial charge in [0.2, 0.25) is 5.91 Å². The van der Waals surface area contributed by atoms with Gasteiger partial charge in [0.15, 0.2) is 0 Å². The van der Waals surface area contributed by atoms with Gasteiger partial charge in [-0.1, -0.05) is 13.8 Å². The lowest BCUT2D eigenvalue weighted by Gasteiger charge is -2.31. The predicted molar refractivity (Wildman–Crippen MR) is 58.0 cm³/mol. The van der Waals surface area contributed by atoms with Crippen LogP contribution in [0.3, 0.4) is 0 Å². The fourth-order valence-corrected chi connectivity index (χ4v) is 1.44. The first-order chi connectivity index (χ1) is 6.43. The zero-order chi connectivity index (χ0) is 10.8. The van der Waals surface area contributed by atoms with Gasteiger partial charge in [0.1, 0.15) is 0 Å². The van der Waals surface area contributed by atoms with E-state index in [1.807, 2.05) is 0 Å². The molecule has 0 aromatic heterocycles. The molecule has 0 aromatic carbocycles. The number of hydrogen-bond acceptors (Lipinski definition) is 2. The third kappa shape index (κ3) is 2.71. The third-order valence-corrected chi connectivity index (χ3v) is 3.32. The van der Waals surface area contributed by atoms with E-state index in [-0.39, 0.29) is 17.4 Å². The fraction of sp³-hybridized carbons (Fsp3) is 0.909. The molecule has 3 nitrogen and oxygen atoms in total. The minimum atomic E-state index is -0.0975. The highest BCUT2D eigenvalue weighted by Gasteiger charge is 2.29. The van der Waals surface area contributed by atoms with Gasteiger partial charge < -0.3 is 10.6 Å². The summed E-state index contributed by atoms with van der Waals surface area (Å²) in [7, 11) is 0. The highest BCUT2D eigenvalue weighted by atomic mass is 16.2. The molecule has 82 valence electrons. The van der Waals surface area contributed by atoms with E-state index in [0.717, 1.165) is 19.5 Å². The highest BCUT2D eigenvalue weighted by Crippen LogP contribution is 2.17. The van der Waals surface area contributed by atoms with Gasteiger partial charge in [-0.2, -0.15) is 0 Å². The lowest BCUT2D eigenvalue weighted by atomic mass is 9.90. The molecular formula is C11H22N2O. The van der Waals surface area contributed by atoms with Crippen molar-refractivity contribution >= 4 is 5.91 Å². The topological polar surface area (TPSA) is 41.1 Å². The van der Waals surface area contributed by atoms with Gasteiger partial charge >= 0.3 is 0 Å². The Morgan fingerprint density at radius 2 is 2.14 bits per heavy atom. The van der Waals surface area contributed by atoms with Crippen molar-refractivity contribution in [2.75, 3.05) is 13.1 Å². The van der Waals surface area contributed by atoms with Gasteiger partial charge in [0.05, 0.1) is 5.92 Å². The lowest BCUT2D eigenvalue weighted by Crippen LogP contribution is -2.49. The van der Waals surface area contributed by atoms with Crippen molar-refractivity contribution in [3.05, 3.63) is 0 Å². The second kappa shape index (κ2) is 4.30. The molecule has 1 rings (SSSR count). The Hall–Kier alpha value is -0.570. The second-order valence-corrected chi connectivity index (χ2v) is 5.06. The van der Waals surface area contributed by atoms with Crippen LogP contribution in [0.15, 0.2) is 0 Å². The quantitative estimate of drug-likeness (QED) is 0.714. The summed E-state index contributed by atoms with van der Waals surface area (Å²) in [5, 5.41) is 6.33. The Labute approximate surface area is 86.6 Å². The summed E-state index contributed by atoms with van der Waals surface area (Å²) in [5.41, 5.74) is -0.0975. The first-order valence-corrected chi connectivity index (χ1v) is 5.46. The minimum absolute atomic E-state index is 0.0975. The fourth-order valence-electron chi connectivity index (χ4n) is 1.44. The van der Waals surface area contributed by atoms with Crippen molar-refractivity contribution < 1.29 is 4.79 Å². The zero-order valence-electron chi connectivity index (χ0n) is 9.68. The summed E-state index contributed by atoms with van der Waals surface area (Å²) in [6.45, 7) is 10.2. The summed E-state index contributed by atoms with van der Waals surface area (Å²) in [5.74, 6) is 0.836. The van der Waals surface area contributed by atoms with Crippen LogP contribution in [0.4, 0.5) is 0 Å². The molecule has 1 aliphatic rings. The minimum Gasteiger partial charge on any atom is -0.351 e. The number of rotatable bonds is 3. The molecule has 2 N–H and O–H groups in total. The number of nitrogens with one attached hydrogen (secondary N) is 2. The maximum Gasteiger partial charge on any atom is 0.224 e. The van der Waals surface area contributed by atoms with E-state index in [4.69, 9.17) is 0 Å². The summed E-state index contributed by atoms with van der Waals surface area (Å²) in [6, 6.07) is 0. The SMILES string of the molecule is CC(C)C(C)(C)NC(=O)[C@H]1CCNC1. The van der Waals surface area contributed by atoms with E-state index in [2.05, 4.69) is 38.3 Å². The summed E-state index contributed by atoms with van der Waals surface area (Å²) in [4.78, 5) is 11.8. The maximum atomic E-state index is 11.8. The first kappa shape index (κ1) is 11.5. The first-order valence-electron chi connectivity index (χ1n) is 5.46. The molecule has 0 aliphatic carbocycles. The number of carbonyl (C=O) groups excluding carboxylic acids is 1. The van der Waals surface area contributed by atoms with Crippen LogP contribution in [-0.4, -0.2) is 24.5 Å². The molecule has 1 heterocycles. The molecular weight excluding hydrogens is 176 g/mol. The van der Waals surface area contributed by atoms with Crippen molar-refractivity contribution in [3.63, 3.8) is 0 Å². The van der Waals surface area contributed by atoms with Crippen LogP contribution in [0, 0.1) is 11.8 Å². The van der Waals surface area contributed by atoms with Crippen LogP contribution in [-0.2, 0) is 4.79 Å². The zero-order valence-corrected chi connectivity index (χ0v) is 9.68. The number of carbonyl (C=O) groups is 1. The van der Waals surface area contributed by atoms with Gasteiger partial charge in [-0.15, -0.1) is 0 Å². The Kier molecular flexibility index (Phi) is 3.53. The monoisotopic (exact) mass is 198 g/mol. The average molecular weight is 198 g/mol. The van der Waals surface area contributed by atoms with Crippen LogP contribution in [0.25, 0.3) is 0 Å². The Morgan fingerprint density at radius 3 is 2.57 bits per heavy atom. The molecule has 3 heteroatoms.